The van der Waals surface area contributed by atoms with Crippen LogP contribution < -0.4 is 5.32 Å². The van der Waals surface area contributed by atoms with E-state index in [0.29, 0.717) is 11.3 Å². The number of allylic oxidation sites excluding steroid dienone is 1. The molecule has 0 bridgehead atoms. The van der Waals surface area contributed by atoms with E-state index in [-0.39, 0.29) is 30.1 Å². The SMILES string of the molecule is CNC(=O)CO[C@@H]1C=C2CCC3C(CCC4(C)C(O)CCC34)C2(C)CC1. The van der Waals surface area contributed by atoms with Gasteiger partial charge < -0.3 is 15.2 Å². The van der Waals surface area contributed by atoms with Crippen LogP contribution in [-0.2, 0) is 9.53 Å². The average Bonchev–Trinajstić information content (AvgIpc) is 2.94. The maximum absolute atomic E-state index is 11.5. The van der Waals surface area contributed by atoms with E-state index >= 15 is 0 Å². The van der Waals surface area contributed by atoms with E-state index in [9.17, 15) is 9.90 Å². The monoisotopic (exact) mass is 361 g/mol. The van der Waals surface area contributed by atoms with Crippen molar-refractivity contribution >= 4 is 5.91 Å². The van der Waals surface area contributed by atoms with Crippen molar-refractivity contribution in [3.05, 3.63) is 11.6 Å². The number of aliphatic hydroxyl groups is 1. The van der Waals surface area contributed by atoms with E-state index < -0.39 is 0 Å². The van der Waals surface area contributed by atoms with E-state index in [0.717, 1.165) is 24.7 Å². The molecule has 4 aliphatic rings. The molecule has 4 aliphatic carbocycles. The predicted molar refractivity (Wildman–Crippen MR) is 102 cm³/mol. The van der Waals surface area contributed by atoms with E-state index in [4.69, 9.17) is 4.74 Å². The van der Waals surface area contributed by atoms with Gasteiger partial charge in [0.05, 0.1) is 12.2 Å². The van der Waals surface area contributed by atoms with Crippen molar-refractivity contribution < 1.29 is 14.6 Å². The molecule has 4 heteroatoms. The van der Waals surface area contributed by atoms with Crippen LogP contribution in [0.5, 0.6) is 0 Å². The highest BCUT2D eigenvalue weighted by molar-refractivity contribution is 5.76. The Morgan fingerprint density at radius 3 is 2.77 bits per heavy atom. The third-order valence-corrected chi connectivity index (χ3v) is 8.73. The molecular weight excluding hydrogens is 326 g/mol. The van der Waals surface area contributed by atoms with Crippen molar-refractivity contribution in [3.8, 4) is 0 Å². The first-order chi connectivity index (χ1) is 12.4. The Balaban J connectivity index is 1.51. The summed E-state index contributed by atoms with van der Waals surface area (Å²) >= 11 is 0. The zero-order valence-electron chi connectivity index (χ0n) is 16.6. The molecule has 3 saturated carbocycles. The number of amides is 1. The van der Waals surface area contributed by atoms with Gasteiger partial charge in [-0.3, -0.25) is 4.79 Å². The van der Waals surface area contributed by atoms with Gasteiger partial charge in [0.1, 0.15) is 6.61 Å². The zero-order chi connectivity index (χ0) is 18.5. The van der Waals surface area contributed by atoms with Crippen LogP contribution in [0.15, 0.2) is 11.6 Å². The Morgan fingerprint density at radius 1 is 1.19 bits per heavy atom. The smallest absolute Gasteiger partial charge is 0.245 e. The van der Waals surface area contributed by atoms with Crippen LogP contribution in [0, 0.1) is 28.6 Å². The molecule has 7 atom stereocenters. The van der Waals surface area contributed by atoms with Crippen LogP contribution in [0.2, 0.25) is 0 Å². The van der Waals surface area contributed by atoms with Crippen molar-refractivity contribution in [1.82, 2.24) is 5.32 Å². The Hall–Kier alpha value is -0.870. The van der Waals surface area contributed by atoms with Crippen LogP contribution in [0.3, 0.4) is 0 Å². The minimum atomic E-state index is -0.0907. The fraction of sp³-hybridized carbons (Fsp3) is 0.864. The zero-order valence-corrected chi connectivity index (χ0v) is 16.6. The molecular formula is C22H35NO3. The number of carbonyl (C=O) groups excluding carboxylic acids is 1. The first-order valence-corrected chi connectivity index (χ1v) is 10.6. The molecule has 0 heterocycles. The van der Waals surface area contributed by atoms with Crippen LogP contribution >= 0.6 is 0 Å². The highest BCUT2D eigenvalue weighted by atomic mass is 16.5. The van der Waals surface area contributed by atoms with Crippen LogP contribution in [0.4, 0.5) is 0 Å². The molecule has 2 N–H and O–H groups in total. The highest BCUT2D eigenvalue weighted by Gasteiger charge is 2.58. The molecule has 0 aliphatic heterocycles. The van der Waals surface area contributed by atoms with Gasteiger partial charge in [0.15, 0.2) is 0 Å². The van der Waals surface area contributed by atoms with E-state index in [1.165, 1.54) is 38.5 Å². The van der Waals surface area contributed by atoms with E-state index in [1.807, 2.05) is 0 Å². The van der Waals surface area contributed by atoms with Gasteiger partial charge in [0, 0.05) is 7.05 Å². The molecule has 3 fully saturated rings. The Morgan fingerprint density at radius 2 is 2.00 bits per heavy atom. The molecule has 6 unspecified atom stereocenters. The summed E-state index contributed by atoms with van der Waals surface area (Å²) in [6.07, 6.45) is 11.6. The van der Waals surface area contributed by atoms with Gasteiger partial charge in [0.25, 0.3) is 0 Å². The summed E-state index contributed by atoms with van der Waals surface area (Å²) < 4.78 is 5.84. The topological polar surface area (TPSA) is 58.6 Å². The quantitative estimate of drug-likeness (QED) is 0.757. The van der Waals surface area contributed by atoms with Gasteiger partial charge in [-0.25, -0.2) is 0 Å². The second-order valence-electron chi connectivity index (χ2n) is 9.72. The number of aliphatic hydroxyl groups excluding tert-OH is 1. The van der Waals surface area contributed by atoms with Crippen molar-refractivity contribution in [2.75, 3.05) is 13.7 Å². The third-order valence-electron chi connectivity index (χ3n) is 8.73. The van der Waals surface area contributed by atoms with Crippen LogP contribution in [0.25, 0.3) is 0 Å². The summed E-state index contributed by atoms with van der Waals surface area (Å²) in [5.74, 6) is 2.19. The Kier molecular flexibility index (Phi) is 4.71. The van der Waals surface area contributed by atoms with Crippen molar-refractivity contribution in [3.63, 3.8) is 0 Å². The standard InChI is InChI=1S/C22H35NO3/c1-21-10-8-15(26-13-20(25)23-3)12-14(21)4-5-16-17-6-7-19(24)22(17,2)11-9-18(16)21/h12,15-19,24H,4-11,13H2,1-3H3,(H,23,25)/t15-,16?,17?,18?,19?,21?,22?/m0/s1. The van der Waals surface area contributed by atoms with Crippen molar-refractivity contribution in [1.29, 1.82) is 0 Å². The third kappa shape index (κ3) is 2.75. The number of ether oxygens (including phenoxy) is 1. The molecule has 0 aromatic rings. The van der Waals surface area contributed by atoms with Gasteiger partial charge in [-0.1, -0.05) is 25.5 Å². The number of hydrogen-bond donors (Lipinski definition) is 2. The molecule has 146 valence electrons. The first-order valence-electron chi connectivity index (χ1n) is 10.6. The number of rotatable bonds is 3. The lowest BCUT2D eigenvalue weighted by atomic mass is 9.47. The Bertz CT molecular complexity index is 602. The summed E-state index contributed by atoms with van der Waals surface area (Å²) in [6.45, 7) is 4.99. The summed E-state index contributed by atoms with van der Waals surface area (Å²) in [5, 5.41) is 13.2. The molecule has 1 amide bonds. The summed E-state index contributed by atoms with van der Waals surface area (Å²) in [6, 6.07) is 0. The minimum absolute atomic E-state index is 0.0493. The van der Waals surface area contributed by atoms with Gasteiger partial charge >= 0.3 is 0 Å². The molecule has 0 aromatic carbocycles. The minimum Gasteiger partial charge on any atom is -0.393 e. The molecule has 4 rings (SSSR count). The molecule has 26 heavy (non-hydrogen) atoms. The van der Waals surface area contributed by atoms with Gasteiger partial charge in [-0.15, -0.1) is 0 Å². The second kappa shape index (κ2) is 6.63. The maximum atomic E-state index is 11.5. The number of carbonyl (C=O) groups is 1. The molecule has 0 saturated heterocycles. The van der Waals surface area contributed by atoms with E-state index in [1.54, 1.807) is 12.6 Å². The lowest BCUT2D eigenvalue weighted by Gasteiger charge is -2.58. The van der Waals surface area contributed by atoms with E-state index in [2.05, 4.69) is 25.2 Å². The largest absolute Gasteiger partial charge is 0.393 e. The first kappa shape index (κ1) is 18.5. The molecule has 4 nitrogen and oxygen atoms in total. The molecule has 0 spiro atoms. The average molecular weight is 362 g/mol. The number of likely N-dealkylation sites (N-methyl/N-ethyl adjacent to an activating group) is 1. The van der Waals surface area contributed by atoms with Crippen LogP contribution in [-0.4, -0.2) is 36.9 Å². The second-order valence-corrected chi connectivity index (χ2v) is 9.72. The number of nitrogens with one attached hydrogen (secondary N) is 1. The number of hydrogen-bond acceptors (Lipinski definition) is 3. The lowest BCUT2D eigenvalue weighted by Crippen LogP contribution is -2.51. The predicted octanol–water partition coefficient (Wildman–Crippen LogP) is 3.44. The van der Waals surface area contributed by atoms with Gasteiger partial charge in [-0.2, -0.15) is 0 Å². The fourth-order valence-corrected chi connectivity index (χ4v) is 7.06. The summed E-state index contributed by atoms with van der Waals surface area (Å²) in [5.41, 5.74) is 2.03. The molecule has 0 radical (unpaired) electrons. The van der Waals surface area contributed by atoms with Crippen molar-refractivity contribution in [2.24, 2.45) is 28.6 Å². The maximum Gasteiger partial charge on any atom is 0.245 e. The Labute approximate surface area is 157 Å². The van der Waals surface area contributed by atoms with Crippen molar-refractivity contribution in [2.45, 2.75) is 77.4 Å². The number of fused-ring (bicyclic) bond motifs is 5. The summed E-state index contributed by atoms with van der Waals surface area (Å²) in [7, 11) is 1.65. The highest BCUT2D eigenvalue weighted by Crippen LogP contribution is 2.65. The fourth-order valence-electron chi connectivity index (χ4n) is 7.06. The molecule has 0 aromatic heterocycles. The summed E-state index contributed by atoms with van der Waals surface area (Å²) in [4.78, 5) is 11.5. The van der Waals surface area contributed by atoms with Gasteiger partial charge in [0.2, 0.25) is 5.91 Å². The lowest BCUT2D eigenvalue weighted by molar-refractivity contribution is -0.127. The van der Waals surface area contributed by atoms with Crippen LogP contribution in [0.1, 0.15) is 65.2 Å². The normalized spacial score (nSPS) is 47.4. The van der Waals surface area contributed by atoms with Gasteiger partial charge in [-0.05, 0) is 80.0 Å².